The van der Waals surface area contributed by atoms with Crippen LogP contribution >= 0.6 is 0 Å². The number of piperazine rings is 1. The monoisotopic (exact) mass is 494 g/mol. The Morgan fingerprint density at radius 1 is 1.03 bits per heavy atom. The zero-order valence-corrected chi connectivity index (χ0v) is 21.0. The van der Waals surface area contributed by atoms with Crippen LogP contribution in [0.2, 0.25) is 0 Å². The normalized spacial score (nSPS) is 23.3. The largest absolute Gasteiger partial charge is 0.351 e. The number of fused-ring (bicyclic) bond motifs is 1. The van der Waals surface area contributed by atoms with Crippen molar-refractivity contribution in [2.75, 3.05) is 38.1 Å². The number of likely N-dealkylation sites (N-methyl/N-ethyl adjacent to an activating group) is 1. The van der Waals surface area contributed by atoms with E-state index < -0.39 is 5.54 Å². The third-order valence-electron chi connectivity index (χ3n) is 7.80. The molecule has 0 bridgehead atoms. The molecule has 2 aromatic heterocycles. The molecular formula is C25H34N8O3. The molecular weight excluding hydrogens is 460 g/mol. The fraction of sp³-hybridized carbons (Fsp3) is 0.600. The molecule has 0 radical (unpaired) electrons. The molecule has 1 aliphatic carbocycles. The van der Waals surface area contributed by atoms with Crippen LogP contribution in [0.25, 0.3) is 0 Å². The highest BCUT2D eigenvalue weighted by Crippen LogP contribution is 2.27. The zero-order chi connectivity index (χ0) is 25.3. The molecule has 0 aromatic carbocycles. The lowest BCUT2D eigenvalue weighted by atomic mass is 9.95. The minimum atomic E-state index is -1.08. The molecule has 2 fully saturated rings. The van der Waals surface area contributed by atoms with Gasteiger partial charge in [-0.3, -0.25) is 19.1 Å². The summed E-state index contributed by atoms with van der Waals surface area (Å²) in [6.45, 7) is 4.22. The van der Waals surface area contributed by atoms with E-state index in [0.29, 0.717) is 37.8 Å². The molecule has 192 valence electrons. The van der Waals surface area contributed by atoms with Crippen LogP contribution < -0.4 is 10.2 Å². The van der Waals surface area contributed by atoms with E-state index >= 15 is 0 Å². The van der Waals surface area contributed by atoms with Crippen LogP contribution in [0.4, 0.5) is 5.95 Å². The molecule has 1 saturated heterocycles. The maximum absolute atomic E-state index is 13.4. The quantitative estimate of drug-likeness (QED) is 0.637. The van der Waals surface area contributed by atoms with Gasteiger partial charge in [-0.1, -0.05) is 25.7 Å². The van der Waals surface area contributed by atoms with Crippen LogP contribution in [0.1, 0.15) is 66.4 Å². The van der Waals surface area contributed by atoms with Gasteiger partial charge in [-0.2, -0.15) is 5.10 Å². The van der Waals surface area contributed by atoms with Gasteiger partial charge in [-0.15, -0.1) is 0 Å². The number of hydrogen-bond acceptors (Lipinski definition) is 7. The van der Waals surface area contributed by atoms with Crippen LogP contribution in [0, 0.1) is 0 Å². The van der Waals surface area contributed by atoms with E-state index in [9.17, 15) is 14.4 Å². The molecule has 5 rings (SSSR count). The second kappa shape index (κ2) is 9.87. The first kappa shape index (κ1) is 24.2. The number of nitrogens with one attached hydrogen (secondary N) is 1. The van der Waals surface area contributed by atoms with E-state index in [0.717, 1.165) is 25.7 Å². The SMILES string of the molecule is CN1C(=O)c2cc(C(=O)N3CCN(c4ncccn4)CC3)nn2C[C@@]1(C)C(=O)NC1CCCCCC1. The molecule has 2 aromatic rings. The lowest BCUT2D eigenvalue weighted by Crippen LogP contribution is -2.63. The molecule has 2 aliphatic heterocycles. The maximum Gasteiger partial charge on any atom is 0.274 e. The number of amides is 3. The van der Waals surface area contributed by atoms with E-state index in [4.69, 9.17) is 0 Å². The number of hydrogen-bond donors (Lipinski definition) is 1. The number of anilines is 1. The Balaban J connectivity index is 1.27. The van der Waals surface area contributed by atoms with Gasteiger partial charge in [0.25, 0.3) is 11.8 Å². The molecule has 1 saturated carbocycles. The van der Waals surface area contributed by atoms with Crippen LogP contribution in [-0.2, 0) is 11.3 Å². The second-order valence-corrected chi connectivity index (χ2v) is 10.2. The summed E-state index contributed by atoms with van der Waals surface area (Å²) in [5.41, 5.74) is -0.522. The first-order valence-electron chi connectivity index (χ1n) is 12.8. The summed E-state index contributed by atoms with van der Waals surface area (Å²) in [6.07, 6.45) is 9.95. The smallest absolute Gasteiger partial charge is 0.274 e. The van der Waals surface area contributed by atoms with Gasteiger partial charge < -0.3 is 20.0 Å². The molecule has 36 heavy (non-hydrogen) atoms. The Hall–Kier alpha value is -3.50. The van der Waals surface area contributed by atoms with Crippen molar-refractivity contribution in [1.29, 1.82) is 0 Å². The molecule has 11 heteroatoms. The Bertz CT molecular complexity index is 1120. The molecule has 3 aliphatic rings. The van der Waals surface area contributed by atoms with Crippen molar-refractivity contribution in [2.24, 2.45) is 0 Å². The highest BCUT2D eigenvalue weighted by molar-refractivity contribution is 6.01. The fourth-order valence-electron chi connectivity index (χ4n) is 5.32. The highest BCUT2D eigenvalue weighted by Gasteiger charge is 2.47. The summed E-state index contributed by atoms with van der Waals surface area (Å²) in [4.78, 5) is 53.7. The van der Waals surface area contributed by atoms with Gasteiger partial charge in [0.1, 0.15) is 11.2 Å². The average Bonchev–Trinajstić information content (AvgIpc) is 3.15. The fourth-order valence-corrected chi connectivity index (χ4v) is 5.32. The second-order valence-electron chi connectivity index (χ2n) is 10.2. The van der Waals surface area contributed by atoms with Crippen LogP contribution in [0.15, 0.2) is 24.5 Å². The number of rotatable bonds is 4. The topological polar surface area (TPSA) is 117 Å². The van der Waals surface area contributed by atoms with Crippen molar-refractivity contribution in [1.82, 2.24) is 34.9 Å². The van der Waals surface area contributed by atoms with Gasteiger partial charge in [-0.05, 0) is 25.8 Å². The standard InChI is InChI=1S/C25H34N8O3/c1-25(23(36)28-18-8-5-3-4-6-9-18)17-33-20(22(35)30(25)2)16-19(29-33)21(34)31-12-14-32(15-13-31)24-26-10-7-11-27-24/h7,10-11,16,18H,3-6,8-9,12-15,17H2,1-2H3,(H,28,36)/t25-/m0/s1. The van der Waals surface area contributed by atoms with Gasteiger partial charge in [0, 0.05) is 57.7 Å². The zero-order valence-electron chi connectivity index (χ0n) is 21.0. The Kier molecular flexibility index (Phi) is 6.63. The third kappa shape index (κ3) is 4.54. The molecule has 0 unspecified atom stereocenters. The van der Waals surface area contributed by atoms with Crippen molar-refractivity contribution < 1.29 is 14.4 Å². The third-order valence-corrected chi connectivity index (χ3v) is 7.80. The summed E-state index contributed by atoms with van der Waals surface area (Å²) in [7, 11) is 1.65. The lowest BCUT2D eigenvalue weighted by Gasteiger charge is -2.41. The van der Waals surface area contributed by atoms with Crippen molar-refractivity contribution in [3.05, 3.63) is 35.9 Å². The van der Waals surface area contributed by atoms with Crippen LogP contribution in [0.5, 0.6) is 0 Å². The molecule has 3 amide bonds. The predicted molar refractivity (Wildman–Crippen MR) is 133 cm³/mol. The number of aromatic nitrogens is 4. The predicted octanol–water partition coefficient (Wildman–Crippen LogP) is 1.32. The van der Waals surface area contributed by atoms with Gasteiger partial charge in [0.2, 0.25) is 11.9 Å². The summed E-state index contributed by atoms with van der Waals surface area (Å²) in [6, 6.07) is 3.46. The van der Waals surface area contributed by atoms with E-state index in [1.807, 2.05) is 4.90 Å². The maximum atomic E-state index is 13.4. The molecule has 0 spiro atoms. The highest BCUT2D eigenvalue weighted by atomic mass is 16.2. The van der Waals surface area contributed by atoms with Crippen LogP contribution in [0.3, 0.4) is 0 Å². The summed E-state index contributed by atoms with van der Waals surface area (Å²) in [5.74, 6) is -0.0430. The number of nitrogens with zero attached hydrogens (tertiary/aromatic N) is 7. The average molecular weight is 495 g/mol. The Labute approximate surface area is 210 Å². The number of carbonyl (C=O) groups is 3. The first-order chi connectivity index (χ1) is 17.4. The van der Waals surface area contributed by atoms with Crippen molar-refractivity contribution in [3.8, 4) is 0 Å². The van der Waals surface area contributed by atoms with Gasteiger partial charge in [0.05, 0.1) is 6.54 Å². The lowest BCUT2D eigenvalue weighted by molar-refractivity contribution is -0.133. The summed E-state index contributed by atoms with van der Waals surface area (Å²) >= 11 is 0. The van der Waals surface area contributed by atoms with Gasteiger partial charge in [-0.25, -0.2) is 9.97 Å². The summed E-state index contributed by atoms with van der Waals surface area (Å²) in [5, 5.41) is 7.67. The van der Waals surface area contributed by atoms with Gasteiger partial charge >= 0.3 is 0 Å². The minimum absolute atomic E-state index is 0.136. The first-order valence-corrected chi connectivity index (χ1v) is 12.8. The van der Waals surface area contributed by atoms with Crippen LogP contribution in [-0.4, -0.2) is 92.1 Å². The van der Waals surface area contributed by atoms with E-state index in [1.165, 1.54) is 22.4 Å². The Morgan fingerprint density at radius 3 is 2.36 bits per heavy atom. The van der Waals surface area contributed by atoms with E-state index in [-0.39, 0.29) is 36.0 Å². The molecule has 4 heterocycles. The van der Waals surface area contributed by atoms with E-state index in [2.05, 4.69) is 20.4 Å². The van der Waals surface area contributed by atoms with Crippen molar-refractivity contribution in [2.45, 2.75) is 63.6 Å². The van der Waals surface area contributed by atoms with E-state index in [1.54, 1.807) is 43.4 Å². The number of carbonyl (C=O) groups excluding carboxylic acids is 3. The summed E-state index contributed by atoms with van der Waals surface area (Å²) < 4.78 is 1.52. The van der Waals surface area contributed by atoms with Crippen molar-refractivity contribution in [3.63, 3.8) is 0 Å². The molecule has 1 N–H and O–H groups in total. The minimum Gasteiger partial charge on any atom is -0.351 e. The Morgan fingerprint density at radius 2 is 1.69 bits per heavy atom. The molecule has 1 atom stereocenters. The van der Waals surface area contributed by atoms with Gasteiger partial charge in [0.15, 0.2) is 5.69 Å². The van der Waals surface area contributed by atoms with Crippen molar-refractivity contribution >= 4 is 23.7 Å². The molecule has 11 nitrogen and oxygen atoms in total.